The van der Waals surface area contributed by atoms with Crippen molar-refractivity contribution >= 4 is 46.4 Å². The third-order valence-electron chi connectivity index (χ3n) is 3.15. The van der Waals surface area contributed by atoms with Crippen molar-refractivity contribution in [1.29, 1.82) is 0 Å². The van der Waals surface area contributed by atoms with Gasteiger partial charge in [0.15, 0.2) is 5.01 Å². The zero-order valence-corrected chi connectivity index (χ0v) is 14.2. The van der Waals surface area contributed by atoms with Crippen LogP contribution in [0.1, 0.15) is 15.4 Å². The highest BCUT2D eigenvalue weighted by Gasteiger charge is 2.12. The quantitative estimate of drug-likeness (QED) is 0.421. The molecule has 0 bridgehead atoms. The molecule has 23 heavy (non-hydrogen) atoms. The van der Waals surface area contributed by atoms with E-state index in [2.05, 4.69) is 4.98 Å². The molecule has 0 amide bonds. The lowest BCUT2D eigenvalue weighted by molar-refractivity contribution is 0.104. The highest BCUT2D eigenvalue weighted by molar-refractivity contribution is 7.12. The van der Waals surface area contributed by atoms with Gasteiger partial charge in [-0.2, -0.15) is 0 Å². The second kappa shape index (κ2) is 7.09. The maximum Gasteiger partial charge on any atom is 0.214 e. The number of allylic oxidation sites excluding steroid dienone is 1. The van der Waals surface area contributed by atoms with E-state index in [1.807, 2.05) is 35.7 Å². The Labute approximate surface area is 148 Å². The number of halogens is 2. The van der Waals surface area contributed by atoms with Gasteiger partial charge in [-0.1, -0.05) is 59.6 Å². The Hall–Kier alpha value is -1.94. The summed E-state index contributed by atoms with van der Waals surface area (Å²) < 4.78 is 0. The lowest BCUT2D eigenvalue weighted by atomic mass is 10.2. The third-order valence-corrected chi connectivity index (χ3v) is 4.55. The Morgan fingerprint density at radius 2 is 1.87 bits per heavy atom. The van der Waals surface area contributed by atoms with E-state index >= 15 is 0 Å². The van der Waals surface area contributed by atoms with Crippen molar-refractivity contribution in [3.05, 3.63) is 80.6 Å². The summed E-state index contributed by atoms with van der Waals surface area (Å²) in [5, 5.41) is 3.33. The molecule has 0 saturated carbocycles. The van der Waals surface area contributed by atoms with Crippen LogP contribution in [0.2, 0.25) is 10.0 Å². The van der Waals surface area contributed by atoms with Crippen molar-refractivity contribution < 1.29 is 4.79 Å². The van der Waals surface area contributed by atoms with Crippen molar-refractivity contribution in [2.45, 2.75) is 0 Å². The minimum atomic E-state index is -0.129. The number of benzene rings is 2. The van der Waals surface area contributed by atoms with Crippen LogP contribution in [-0.4, -0.2) is 10.8 Å². The topological polar surface area (TPSA) is 30.0 Å². The number of hydrogen-bond donors (Lipinski definition) is 0. The molecule has 1 heterocycles. The van der Waals surface area contributed by atoms with Crippen LogP contribution in [-0.2, 0) is 0 Å². The van der Waals surface area contributed by atoms with Crippen LogP contribution in [0, 0.1) is 0 Å². The summed E-state index contributed by atoms with van der Waals surface area (Å²) in [5.74, 6) is -0.129. The maximum atomic E-state index is 12.2. The smallest absolute Gasteiger partial charge is 0.214 e. The highest BCUT2D eigenvalue weighted by Crippen LogP contribution is 2.31. The first-order chi connectivity index (χ1) is 11.1. The van der Waals surface area contributed by atoms with E-state index in [4.69, 9.17) is 23.2 Å². The molecule has 0 N–H and O–H groups in total. The molecule has 0 aliphatic rings. The van der Waals surface area contributed by atoms with E-state index in [9.17, 15) is 4.79 Å². The molecular formula is C18H11Cl2NOS. The first-order valence-corrected chi connectivity index (χ1v) is 8.45. The van der Waals surface area contributed by atoms with Crippen LogP contribution >= 0.6 is 34.5 Å². The van der Waals surface area contributed by atoms with Gasteiger partial charge >= 0.3 is 0 Å². The summed E-state index contributed by atoms with van der Waals surface area (Å²) >= 11 is 13.4. The minimum Gasteiger partial charge on any atom is -0.287 e. The van der Waals surface area contributed by atoms with Gasteiger partial charge in [0.1, 0.15) is 0 Å². The zero-order chi connectivity index (χ0) is 16.2. The van der Waals surface area contributed by atoms with Gasteiger partial charge in [-0.05, 0) is 29.8 Å². The lowest BCUT2D eigenvalue weighted by Crippen LogP contribution is -1.93. The molecule has 0 radical (unpaired) electrons. The average molecular weight is 360 g/mol. The van der Waals surface area contributed by atoms with Crippen LogP contribution in [0.4, 0.5) is 0 Å². The average Bonchev–Trinajstić information content (AvgIpc) is 3.03. The van der Waals surface area contributed by atoms with Crippen LogP contribution in [0.3, 0.4) is 0 Å². The van der Waals surface area contributed by atoms with Crippen LogP contribution < -0.4 is 0 Å². The number of nitrogens with zero attached hydrogens (tertiary/aromatic N) is 1. The number of ketones is 1. The summed E-state index contributed by atoms with van der Waals surface area (Å²) in [7, 11) is 0. The molecule has 0 saturated heterocycles. The molecule has 3 rings (SSSR count). The van der Waals surface area contributed by atoms with Crippen molar-refractivity contribution in [1.82, 2.24) is 4.98 Å². The number of carbonyl (C=O) groups is 1. The summed E-state index contributed by atoms with van der Waals surface area (Å²) in [6.07, 6.45) is 3.31. The predicted octanol–water partition coefficient (Wildman–Crippen LogP) is 6.01. The summed E-state index contributed by atoms with van der Waals surface area (Å²) in [6.45, 7) is 0. The standard InChI is InChI=1S/C18H11Cl2NOS/c19-13-7-8-14(15(20)10-13)16-11-23-18(21-16)17(22)9-6-12-4-2-1-3-5-12/h1-11H. The monoisotopic (exact) mass is 359 g/mol. The Balaban J connectivity index is 1.81. The third kappa shape index (κ3) is 3.88. The number of carbonyl (C=O) groups excluding carboxylic acids is 1. The molecule has 0 spiro atoms. The van der Waals surface area contributed by atoms with Gasteiger partial charge < -0.3 is 0 Å². The van der Waals surface area contributed by atoms with Crippen molar-refractivity contribution in [2.75, 3.05) is 0 Å². The fourth-order valence-corrected chi connectivity index (χ4v) is 3.26. The van der Waals surface area contributed by atoms with E-state index in [1.165, 1.54) is 17.4 Å². The first kappa shape index (κ1) is 15.9. The van der Waals surface area contributed by atoms with E-state index < -0.39 is 0 Å². The minimum absolute atomic E-state index is 0.129. The molecule has 3 aromatic rings. The number of aromatic nitrogens is 1. The molecule has 1 aromatic heterocycles. The summed E-state index contributed by atoms with van der Waals surface area (Å²) in [4.78, 5) is 16.6. The van der Waals surface area contributed by atoms with E-state index in [-0.39, 0.29) is 5.78 Å². The molecule has 114 valence electrons. The Morgan fingerprint density at radius 1 is 1.09 bits per heavy atom. The van der Waals surface area contributed by atoms with Gasteiger partial charge in [-0.25, -0.2) is 4.98 Å². The maximum absolute atomic E-state index is 12.2. The van der Waals surface area contributed by atoms with Gasteiger partial charge in [0, 0.05) is 16.0 Å². The SMILES string of the molecule is O=C(C=Cc1ccccc1)c1nc(-c2ccc(Cl)cc2Cl)cs1. The van der Waals surface area contributed by atoms with Gasteiger partial charge in [0.2, 0.25) is 5.78 Å². The lowest BCUT2D eigenvalue weighted by Gasteiger charge is -2.00. The molecule has 0 aliphatic heterocycles. The van der Waals surface area contributed by atoms with Crippen LogP contribution in [0.15, 0.2) is 60.0 Å². The second-order valence-corrected chi connectivity index (χ2v) is 6.47. The number of hydrogen-bond acceptors (Lipinski definition) is 3. The number of rotatable bonds is 4. The fraction of sp³-hybridized carbons (Fsp3) is 0. The Kier molecular flexibility index (Phi) is 4.91. The number of thiazole rings is 1. The van der Waals surface area contributed by atoms with Crippen molar-refractivity contribution in [3.63, 3.8) is 0 Å². The summed E-state index contributed by atoms with van der Waals surface area (Å²) in [5.41, 5.74) is 2.41. The van der Waals surface area contributed by atoms with Crippen LogP contribution in [0.5, 0.6) is 0 Å². The largest absolute Gasteiger partial charge is 0.287 e. The Bertz CT molecular complexity index is 872. The first-order valence-electron chi connectivity index (χ1n) is 6.82. The molecule has 2 nitrogen and oxygen atoms in total. The van der Waals surface area contributed by atoms with Gasteiger partial charge in [-0.3, -0.25) is 4.79 Å². The fourth-order valence-electron chi connectivity index (χ4n) is 2.02. The van der Waals surface area contributed by atoms with Gasteiger partial charge in [0.25, 0.3) is 0 Å². The van der Waals surface area contributed by atoms with E-state index in [1.54, 1.807) is 24.3 Å². The Morgan fingerprint density at radius 3 is 2.61 bits per heavy atom. The summed E-state index contributed by atoms with van der Waals surface area (Å²) in [6, 6.07) is 14.9. The van der Waals surface area contributed by atoms with Gasteiger partial charge in [0.05, 0.1) is 10.7 Å². The van der Waals surface area contributed by atoms with Crippen LogP contribution in [0.25, 0.3) is 17.3 Å². The predicted molar refractivity (Wildman–Crippen MR) is 97.4 cm³/mol. The highest BCUT2D eigenvalue weighted by atomic mass is 35.5. The zero-order valence-electron chi connectivity index (χ0n) is 11.9. The second-order valence-electron chi connectivity index (χ2n) is 4.77. The van der Waals surface area contributed by atoms with Crippen molar-refractivity contribution in [2.24, 2.45) is 0 Å². The molecule has 0 aliphatic carbocycles. The van der Waals surface area contributed by atoms with Gasteiger partial charge in [-0.15, -0.1) is 11.3 Å². The molecule has 2 aromatic carbocycles. The van der Waals surface area contributed by atoms with Crippen molar-refractivity contribution in [3.8, 4) is 11.3 Å². The van der Waals surface area contributed by atoms with E-state index in [0.29, 0.717) is 20.7 Å². The molecule has 5 heteroatoms. The molecule has 0 atom stereocenters. The normalized spacial score (nSPS) is 11.0. The van der Waals surface area contributed by atoms with E-state index in [0.717, 1.165) is 11.1 Å². The molecule has 0 unspecified atom stereocenters. The molecular weight excluding hydrogens is 349 g/mol. The molecule has 0 fully saturated rings.